The van der Waals surface area contributed by atoms with E-state index in [9.17, 15) is 4.79 Å². The van der Waals surface area contributed by atoms with Crippen LogP contribution in [0.25, 0.3) is 0 Å². The number of carbonyl (C=O) groups is 1. The molecule has 1 aromatic rings. The molecule has 72 valence electrons. The zero-order chi connectivity index (χ0) is 10.2. The zero-order valence-corrected chi connectivity index (χ0v) is 7.86. The van der Waals surface area contributed by atoms with E-state index in [1.165, 1.54) is 0 Å². The summed E-state index contributed by atoms with van der Waals surface area (Å²) >= 11 is 0. The topological polar surface area (TPSA) is 37.3 Å². The molecule has 0 aliphatic carbocycles. The molecule has 14 heavy (non-hydrogen) atoms. The second kappa shape index (κ2) is 5.95. The Hall–Kier alpha value is -1.59. The second-order valence-corrected chi connectivity index (χ2v) is 2.87. The van der Waals surface area contributed by atoms with E-state index in [0.29, 0.717) is 6.29 Å². The predicted molar refractivity (Wildman–Crippen MR) is 54.8 cm³/mol. The summed E-state index contributed by atoms with van der Waals surface area (Å²) in [6.07, 6.45) is 2.10. The van der Waals surface area contributed by atoms with E-state index < -0.39 is 0 Å². The highest BCUT2D eigenvalue weighted by Crippen LogP contribution is 2.09. The Morgan fingerprint density at radius 2 is 2.14 bits per heavy atom. The molecule has 0 radical (unpaired) electrons. The lowest BCUT2D eigenvalue weighted by atomic mass is 10.0. The highest BCUT2D eigenvalue weighted by atomic mass is 16.2. The fraction of sp³-hybridized carbons (Fsp3) is 0.250. The Labute approximate surface area is 83.6 Å². The first-order chi connectivity index (χ1) is 6.88. The fourth-order valence-electron chi connectivity index (χ4n) is 1.24. The number of aliphatic hydroxyl groups is 1. The van der Waals surface area contributed by atoms with Crippen LogP contribution in [-0.4, -0.2) is 18.0 Å². The molecule has 0 amide bonds. The summed E-state index contributed by atoms with van der Waals surface area (Å²) in [5.41, 5.74) is 1.95. The Morgan fingerprint density at radius 3 is 2.86 bits per heavy atom. The first-order valence-electron chi connectivity index (χ1n) is 4.52. The largest absolute Gasteiger partial charge is 0.396 e. The molecule has 2 heteroatoms. The van der Waals surface area contributed by atoms with Gasteiger partial charge in [0, 0.05) is 12.2 Å². The van der Waals surface area contributed by atoms with E-state index in [-0.39, 0.29) is 6.61 Å². The summed E-state index contributed by atoms with van der Waals surface area (Å²) in [6, 6.07) is 7.66. The van der Waals surface area contributed by atoms with Crippen molar-refractivity contribution in [3.8, 4) is 11.8 Å². The van der Waals surface area contributed by atoms with Gasteiger partial charge < -0.3 is 5.11 Å². The molecule has 1 rings (SSSR count). The molecule has 1 N–H and O–H groups in total. The van der Waals surface area contributed by atoms with Gasteiger partial charge in [0.05, 0.1) is 0 Å². The van der Waals surface area contributed by atoms with Gasteiger partial charge in [0.25, 0.3) is 0 Å². The van der Waals surface area contributed by atoms with Gasteiger partial charge in [-0.15, -0.1) is 0 Å². The van der Waals surface area contributed by atoms with Crippen molar-refractivity contribution in [2.75, 3.05) is 6.61 Å². The van der Waals surface area contributed by atoms with Crippen molar-refractivity contribution in [2.45, 2.75) is 12.8 Å². The van der Waals surface area contributed by atoms with Gasteiger partial charge in [-0.25, -0.2) is 0 Å². The van der Waals surface area contributed by atoms with Gasteiger partial charge in [0.15, 0.2) is 6.29 Å². The van der Waals surface area contributed by atoms with E-state index in [1.54, 1.807) is 0 Å². The number of carbonyl (C=O) groups excluding carboxylic acids is 1. The van der Waals surface area contributed by atoms with Crippen LogP contribution >= 0.6 is 0 Å². The predicted octanol–water partition coefficient (Wildman–Crippen LogP) is 1.16. The van der Waals surface area contributed by atoms with Crippen LogP contribution in [0, 0.1) is 11.8 Å². The Balaban J connectivity index is 2.85. The van der Waals surface area contributed by atoms with E-state index in [0.717, 1.165) is 24.0 Å². The van der Waals surface area contributed by atoms with Crippen LogP contribution in [-0.2, 0) is 11.2 Å². The lowest BCUT2D eigenvalue weighted by Gasteiger charge is -2.01. The third-order valence-electron chi connectivity index (χ3n) is 1.89. The van der Waals surface area contributed by atoms with Crippen molar-refractivity contribution in [1.29, 1.82) is 0 Å². The number of benzene rings is 1. The molecule has 0 heterocycles. The number of aldehydes is 1. The Bertz CT molecular complexity index is 358. The Morgan fingerprint density at radius 1 is 1.36 bits per heavy atom. The molecule has 0 unspecified atom stereocenters. The zero-order valence-electron chi connectivity index (χ0n) is 7.86. The van der Waals surface area contributed by atoms with E-state index >= 15 is 0 Å². The molecular formula is C12H12O2. The molecule has 0 aromatic heterocycles. The highest BCUT2D eigenvalue weighted by molar-refractivity contribution is 5.74. The molecule has 0 fully saturated rings. The quantitative estimate of drug-likeness (QED) is 0.571. The number of rotatable bonds is 3. The SMILES string of the molecule is O=CC#Cc1ccccc1CCCO. The van der Waals surface area contributed by atoms with Crippen LogP contribution in [0.2, 0.25) is 0 Å². The second-order valence-electron chi connectivity index (χ2n) is 2.87. The summed E-state index contributed by atoms with van der Waals surface area (Å²) in [5, 5.41) is 8.70. The summed E-state index contributed by atoms with van der Waals surface area (Å²) in [5.74, 6) is 5.16. The van der Waals surface area contributed by atoms with E-state index in [4.69, 9.17) is 5.11 Å². The third kappa shape index (κ3) is 3.04. The van der Waals surface area contributed by atoms with Crippen LogP contribution in [0.3, 0.4) is 0 Å². The number of hydrogen-bond acceptors (Lipinski definition) is 2. The normalized spacial score (nSPS) is 8.93. The summed E-state index contributed by atoms with van der Waals surface area (Å²) in [6.45, 7) is 0.176. The average Bonchev–Trinajstić information content (AvgIpc) is 2.24. The minimum atomic E-state index is 0.176. The van der Waals surface area contributed by atoms with E-state index in [1.807, 2.05) is 24.3 Å². The highest BCUT2D eigenvalue weighted by Gasteiger charge is 1.97. The fourth-order valence-corrected chi connectivity index (χ4v) is 1.24. The summed E-state index contributed by atoms with van der Waals surface area (Å²) < 4.78 is 0. The summed E-state index contributed by atoms with van der Waals surface area (Å²) in [4.78, 5) is 10.1. The molecule has 2 nitrogen and oxygen atoms in total. The van der Waals surface area contributed by atoms with Gasteiger partial charge in [0.1, 0.15) is 0 Å². The molecule has 0 atom stereocenters. The van der Waals surface area contributed by atoms with Gasteiger partial charge >= 0.3 is 0 Å². The number of hydrogen-bond donors (Lipinski definition) is 1. The minimum Gasteiger partial charge on any atom is -0.396 e. The first-order valence-corrected chi connectivity index (χ1v) is 4.52. The molecule has 0 aliphatic heterocycles. The maximum Gasteiger partial charge on any atom is 0.193 e. The molecule has 0 saturated heterocycles. The number of aryl methyl sites for hydroxylation is 1. The smallest absolute Gasteiger partial charge is 0.193 e. The van der Waals surface area contributed by atoms with Crippen LogP contribution in [0.1, 0.15) is 17.5 Å². The lowest BCUT2D eigenvalue weighted by molar-refractivity contribution is -0.103. The molecule has 0 saturated carbocycles. The van der Waals surface area contributed by atoms with Crippen molar-refractivity contribution >= 4 is 6.29 Å². The molecule has 0 spiro atoms. The van der Waals surface area contributed by atoms with Gasteiger partial charge in [-0.05, 0) is 30.4 Å². The molecule has 0 bridgehead atoms. The van der Waals surface area contributed by atoms with Crippen molar-refractivity contribution in [1.82, 2.24) is 0 Å². The summed E-state index contributed by atoms with van der Waals surface area (Å²) in [7, 11) is 0. The minimum absolute atomic E-state index is 0.176. The van der Waals surface area contributed by atoms with Gasteiger partial charge in [-0.2, -0.15) is 0 Å². The molecule has 0 aliphatic rings. The van der Waals surface area contributed by atoms with Crippen LogP contribution < -0.4 is 0 Å². The van der Waals surface area contributed by atoms with Crippen molar-refractivity contribution in [2.24, 2.45) is 0 Å². The number of aliphatic hydroxyl groups excluding tert-OH is 1. The van der Waals surface area contributed by atoms with Crippen LogP contribution in [0.5, 0.6) is 0 Å². The lowest BCUT2D eigenvalue weighted by Crippen LogP contribution is -1.92. The van der Waals surface area contributed by atoms with Crippen molar-refractivity contribution in [3.05, 3.63) is 35.4 Å². The van der Waals surface area contributed by atoms with E-state index in [2.05, 4.69) is 11.8 Å². The van der Waals surface area contributed by atoms with Crippen molar-refractivity contribution in [3.63, 3.8) is 0 Å². The van der Waals surface area contributed by atoms with Gasteiger partial charge in [-0.1, -0.05) is 24.1 Å². The maximum absolute atomic E-state index is 10.1. The average molecular weight is 188 g/mol. The monoisotopic (exact) mass is 188 g/mol. The molecular weight excluding hydrogens is 176 g/mol. The van der Waals surface area contributed by atoms with Crippen molar-refractivity contribution < 1.29 is 9.90 Å². The Kier molecular flexibility index (Phi) is 4.46. The van der Waals surface area contributed by atoms with Crippen LogP contribution in [0.4, 0.5) is 0 Å². The maximum atomic E-state index is 10.1. The van der Waals surface area contributed by atoms with Gasteiger partial charge in [0.2, 0.25) is 0 Å². The van der Waals surface area contributed by atoms with Gasteiger partial charge in [-0.3, -0.25) is 4.79 Å². The third-order valence-corrected chi connectivity index (χ3v) is 1.89. The molecule has 1 aromatic carbocycles. The standard InChI is InChI=1S/C12H12O2/c13-9-3-7-11-5-1-2-6-12(11)8-4-10-14/h1-2,5-6,10,13H,3,7,9H2. The first kappa shape index (κ1) is 10.5. The van der Waals surface area contributed by atoms with Crippen LogP contribution in [0.15, 0.2) is 24.3 Å².